The maximum Gasteiger partial charge on any atom is 0.306 e. The first-order valence-electron chi connectivity index (χ1n) is 23.9. The van der Waals surface area contributed by atoms with Gasteiger partial charge in [-0.25, -0.2) is 0 Å². The Kier molecular flexibility index (Phi) is 41.3. The normalized spacial score (nSPS) is 11.9. The van der Waals surface area contributed by atoms with Crippen molar-refractivity contribution >= 4 is 17.9 Å². The molecule has 0 aromatic rings. The Labute approximate surface area is 336 Å². The van der Waals surface area contributed by atoms with E-state index < -0.39 is 6.10 Å². The van der Waals surface area contributed by atoms with Crippen molar-refractivity contribution in [3.05, 3.63) is 0 Å². The summed E-state index contributed by atoms with van der Waals surface area (Å²) in [5, 5.41) is 0. The molecule has 6 nitrogen and oxygen atoms in total. The maximum absolute atomic E-state index is 12.7. The highest BCUT2D eigenvalue weighted by atomic mass is 16.6. The molecule has 0 radical (unpaired) electrons. The van der Waals surface area contributed by atoms with E-state index in [9.17, 15) is 14.4 Å². The van der Waals surface area contributed by atoms with E-state index in [0.717, 1.165) is 63.7 Å². The highest BCUT2D eigenvalue weighted by Crippen LogP contribution is 2.16. The predicted molar refractivity (Wildman–Crippen MR) is 229 cm³/mol. The fourth-order valence-electron chi connectivity index (χ4n) is 7.16. The number of ether oxygens (including phenoxy) is 3. The van der Waals surface area contributed by atoms with E-state index in [1.54, 1.807) is 0 Å². The number of esters is 3. The third-order valence-corrected chi connectivity index (χ3v) is 10.8. The minimum Gasteiger partial charge on any atom is -0.462 e. The number of carbonyl (C=O) groups is 3. The summed E-state index contributed by atoms with van der Waals surface area (Å²) in [5.41, 5.74) is 0. The second-order valence-corrected chi connectivity index (χ2v) is 16.9. The van der Waals surface area contributed by atoms with Crippen molar-refractivity contribution in [1.29, 1.82) is 0 Å². The number of hydrogen-bond acceptors (Lipinski definition) is 6. The molecule has 0 aliphatic rings. The van der Waals surface area contributed by atoms with E-state index in [1.165, 1.54) is 161 Å². The molecule has 0 spiro atoms. The van der Waals surface area contributed by atoms with E-state index in [-0.39, 0.29) is 31.1 Å². The van der Waals surface area contributed by atoms with Gasteiger partial charge in [0, 0.05) is 19.3 Å². The van der Waals surface area contributed by atoms with Gasteiger partial charge in [-0.2, -0.15) is 0 Å². The minimum atomic E-state index is -0.759. The summed E-state index contributed by atoms with van der Waals surface area (Å²) in [5.74, 6) is -0.0496. The molecule has 0 aromatic carbocycles. The van der Waals surface area contributed by atoms with Gasteiger partial charge in [-0.1, -0.05) is 227 Å². The highest BCUT2D eigenvalue weighted by Gasteiger charge is 2.19. The first-order valence-corrected chi connectivity index (χ1v) is 23.9. The molecular weight excluding hydrogens is 673 g/mol. The van der Waals surface area contributed by atoms with Gasteiger partial charge in [-0.3, -0.25) is 14.4 Å². The molecule has 0 bridgehead atoms. The molecule has 1 atom stereocenters. The van der Waals surface area contributed by atoms with Gasteiger partial charge in [0.25, 0.3) is 0 Å². The lowest BCUT2D eigenvalue weighted by Gasteiger charge is -2.18. The lowest BCUT2D eigenvalue weighted by atomic mass is 10.0. The molecule has 54 heavy (non-hydrogen) atoms. The van der Waals surface area contributed by atoms with Crippen LogP contribution in [0.3, 0.4) is 0 Å². The SMILES string of the molecule is CCCCCCCCCCCCCCCCCCCC(=O)O[C@H](COC(=O)CCCCCCCCC)COC(=O)CCCCCCCCCCCC(C)C. The standard InChI is InChI=1S/C48H92O6/c1-5-7-9-11-13-14-15-16-17-18-19-20-21-24-29-33-37-41-48(51)54-45(42-52-46(49)39-35-31-26-12-10-8-6-2)43-53-47(50)40-36-32-28-25-22-23-27-30-34-38-44(3)4/h44-45H,5-43H2,1-4H3/t45-/m1/s1. The number of hydrogen-bond donors (Lipinski definition) is 0. The fraction of sp³-hybridized carbons (Fsp3) is 0.938. The molecule has 0 saturated heterocycles. The van der Waals surface area contributed by atoms with Crippen molar-refractivity contribution in [3.8, 4) is 0 Å². The van der Waals surface area contributed by atoms with E-state index >= 15 is 0 Å². The van der Waals surface area contributed by atoms with Gasteiger partial charge in [-0.05, 0) is 25.2 Å². The fourth-order valence-corrected chi connectivity index (χ4v) is 7.16. The molecule has 0 heterocycles. The zero-order valence-corrected chi connectivity index (χ0v) is 36.7. The summed E-state index contributed by atoms with van der Waals surface area (Å²) in [4.78, 5) is 37.6. The van der Waals surface area contributed by atoms with Gasteiger partial charge < -0.3 is 14.2 Å². The lowest BCUT2D eigenvalue weighted by Crippen LogP contribution is -2.30. The average Bonchev–Trinajstić information content (AvgIpc) is 3.15. The average molecular weight is 765 g/mol. The van der Waals surface area contributed by atoms with Crippen LogP contribution < -0.4 is 0 Å². The number of rotatable bonds is 43. The topological polar surface area (TPSA) is 78.9 Å². The molecule has 0 aliphatic heterocycles. The van der Waals surface area contributed by atoms with E-state index in [4.69, 9.17) is 14.2 Å². The van der Waals surface area contributed by atoms with Crippen LogP contribution in [-0.2, 0) is 28.6 Å². The van der Waals surface area contributed by atoms with Crippen LogP contribution in [0.1, 0.15) is 265 Å². The molecule has 0 amide bonds. The van der Waals surface area contributed by atoms with Crippen LogP contribution in [0, 0.1) is 5.92 Å². The third kappa shape index (κ3) is 41.6. The van der Waals surface area contributed by atoms with Gasteiger partial charge in [0.05, 0.1) is 0 Å². The summed E-state index contributed by atoms with van der Waals surface area (Å²) in [6.45, 7) is 8.95. The predicted octanol–water partition coefficient (Wildman–Crippen LogP) is 15.1. The molecule has 6 heteroatoms. The zero-order chi connectivity index (χ0) is 39.6. The van der Waals surface area contributed by atoms with E-state index in [0.29, 0.717) is 19.3 Å². The van der Waals surface area contributed by atoms with Crippen LogP contribution in [0.25, 0.3) is 0 Å². The largest absolute Gasteiger partial charge is 0.462 e. The van der Waals surface area contributed by atoms with Crippen molar-refractivity contribution < 1.29 is 28.6 Å². The number of carbonyl (C=O) groups excluding carboxylic acids is 3. The molecule has 320 valence electrons. The molecule has 0 aliphatic carbocycles. The molecule has 0 fully saturated rings. The van der Waals surface area contributed by atoms with Crippen LogP contribution in [0.2, 0.25) is 0 Å². The van der Waals surface area contributed by atoms with Gasteiger partial charge in [0.15, 0.2) is 6.10 Å². The second kappa shape index (κ2) is 42.6. The summed E-state index contributed by atoms with van der Waals surface area (Å²) in [7, 11) is 0. The highest BCUT2D eigenvalue weighted by molar-refractivity contribution is 5.71. The van der Waals surface area contributed by atoms with Crippen molar-refractivity contribution in [1.82, 2.24) is 0 Å². The Morgan fingerprint density at radius 2 is 0.611 bits per heavy atom. The van der Waals surface area contributed by atoms with Crippen molar-refractivity contribution in [2.75, 3.05) is 13.2 Å². The van der Waals surface area contributed by atoms with E-state index in [2.05, 4.69) is 27.7 Å². The smallest absolute Gasteiger partial charge is 0.306 e. The molecule has 0 aromatic heterocycles. The summed E-state index contributed by atoms with van der Waals surface area (Å²) >= 11 is 0. The van der Waals surface area contributed by atoms with Crippen LogP contribution >= 0.6 is 0 Å². The Morgan fingerprint density at radius 3 is 0.907 bits per heavy atom. The molecule has 0 unspecified atom stereocenters. The summed E-state index contributed by atoms with van der Waals surface area (Å²) in [6, 6.07) is 0. The summed E-state index contributed by atoms with van der Waals surface area (Å²) < 4.78 is 16.7. The van der Waals surface area contributed by atoms with Crippen LogP contribution in [-0.4, -0.2) is 37.2 Å². The second-order valence-electron chi connectivity index (χ2n) is 16.9. The number of unbranched alkanes of at least 4 members (excludes halogenated alkanes) is 30. The monoisotopic (exact) mass is 765 g/mol. The molecular formula is C48H92O6. The molecule has 0 N–H and O–H groups in total. The maximum atomic E-state index is 12.7. The van der Waals surface area contributed by atoms with Crippen molar-refractivity contribution in [2.24, 2.45) is 5.92 Å². The van der Waals surface area contributed by atoms with Gasteiger partial charge in [-0.15, -0.1) is 0 Å². The first kappa shape index (κ1) is 52.4. The first-order chi connectivity index (χ1) is 26.4. The Bertz CT molecular complexity index is 811. The minimum absolute atomic E-state index is 0.0643. The van der Waals surface area contributed by atoms with Gasteiger partial charge >= 0.3 is 17.9 Å². The van der Waals surface area contributed by atoms with Crippen molar-refractivity contribution in [3.63, 3.8) is 0 Å². The van der Waals surface area contributed by atoms with Crippen LogP contribution in [0.15, 0.2) is 0 Å². The van der Waals surface area contributed by atoms with Crippen LogP contribution in [0.5, 0.6) is 0 Å². The van der Waals surface area contributed by atoms with E-state index in [1.807, 2.05) is 0 Å². The Morgan fingerprint density at radius 1 is 0.352 bits per heavy atom. The van der Waals surface area contributed by atoms with Crippen LogP contribution in [0.4, 0.5) is 0 Å². The molecule has 0 rings (SSSR count). The van der Waals surface area contributed by atoms with Gasteiger partial charge in [0.1, 0.15) is 13.2 Å². The van der Waals surface area contributed by atoms with Gasteiger partial charge in [0.2, 0.25) is 0 Å². The zero-order valence-electron chi connectivity index (χ0n) is 36.7. The molecule has 0 saturated carbocycles. The quantitative estimate of drug-likeness (QED) is 0.0349. The lowest BCUT2D eigenvalue weighted by molar-refractivity contribution is -0.167. The Hall–Kier alpha value is -1.59. The third-order valence-electron chi connectivity index (χ3n) is 10.8. The summed E-state index contributed by atoms with van der Waals surface area (Å²) in [6.07, 6.45) is 42.4. The van der Waals surface area contributed by atoms with Crippen molar-refractivity contribution in [2.45, 2.75) is 271 Å². The Balaban J connectivity index is 4.22.